The average Bonchev–Trinajstić information content (AvgIpc) is 3.17. The van der Waals surface area contributed by atoms with Crippen LogP contribution in [0.1, 0.15) is 17.3 Å². The molecule has 0 aliphatic rings. The number of carbonyl (C=O) groups excluding carboxylic acids is 1. The van der Waals surface area contributed by atoms with Crippen LogP contribution in [0.5, 0.6) is 11.5 Å². The molecule has 1 heterocycles. The van der Waals surface area contributed by atoms with Gasteiger partial charge in [0, 0.05) is 20.0 Å². The van der Waals surface area contributed by atoms with E-state index in [2.05, 4.69) is 10.1 Å². The number of para-hydroxylation sites is 1. The van der Waals surface area contributed by atoms with Gasteiger partial charge in [0.05, 0.1) is 0 Å². The molecule has 0 radical (unpaired) electrons. The highest BCUT2D eigenvalue weighted by atomic mass is 16.5. The quantitative estimate of drug-likeness (QED) is 0.567. The van der Waals surface area contributed by atoms with Gasteiger partial charge in [0.25, 0.3) is 11.8 Å². The summed E-state index contributed by atoms with van der Waals surface area (Å²) in [5.74, 6) is 2.24. The molecule has 1 aromatic heterocycles. The van der Waals surface area contributed by atoms with Crippen LogP contribution in [0.4, 0.5) is 0 Å². The van der Waals surface area contributed by atoms with Crippen LogP contribution in [0.25, 0.3) is 0 Å². The number of carbonyl (C=O) groups is 1. The van der Waals surface area contributed by atoms with Gasteiger partial charge in [-0.1, -0.05) is 35.5 Å². The zero-order valence-corrected chi connectivity index (χ0v) is 16.0. The van der Waals surface area contributed by atoms with E-state index in [0.717, 1.165) is 11.3 Å². The predicted molar refractivity (Wildman–Crippen MR) is 103 cm³/mol. The van der Waals surface area contributed by atoms with Crippen LogP contribution >= 0.6 is 0 Å². The molecule has 1 amide bonds. The smallest absolute Gasteiger partial charge is 0.264 e. The Kier molecular flexibility index (Phi) is 6.62. The molecular formula is C21H23N3O4. The van der Waals surface area contributed by atoms with E-state index in [1.807, 2.05) is 61.5 Å². The highest BCUT2D eigenvalue weighted by Gasteiger charge is 2.13. The lowest BCUT2D eigenvalue weighted by Gasteiger charge is -2.16. The summed E-state index contributed by atoms with van der Waals surface area (Å²) in [7, 11) is 1.72. The van der Waals surface area contributed by atoms with E-state index in [0.29, 0.717) is 30.4 Å². The van der Waals surface area contributed by atoms with Gasteiger partial charge in [0.1, 0.15) is 11.5 Å². The first-order valence-corrected chi connectivity index (χ1v) is 9.03. The first-order chi connectivity index (χ1) is 13.6. The van der Waals surface area contributed by atoms with Crippen LogP contribution in [0, 0.1) is 6.92 Å². The van der Waals surface area contributed by atoms with E-state index in [1.165, 1.54) is 0 Å². The van der Waals surface area contributed by atoms with Crippen molar-refractivity contribution in [1.29, 1.82) is 0 Å². The lowest BCUT2D eigenvalue weighted by atomic mass is 10.2. The fraction of sp³-hybridized carbons (Fsp3) is 0.286. The highest BCUT2D eigenvalue weighted by molar-refractivity contribution is 5.77. The molecule has 0 unspecified atom stereocenters. The lowest BCUT2D eigenvalue weighted by Crippen LogP contribution is -2.33. The zero-order chi connectivity index (χ0) is 19.8. The molecule has 0 saturated carbocycles. The Bertz CT molecular complexity index is 895. The van der Waals surface area contributed by atoms with Crippen molar-refractivity contribution in [2.24, 2.45) is 0 Å². The van der Waals surface area contributed by atoms with E-state index in [1.54, 1.807) is 11.9 Å². The number of aryl methyl sites for hydroxylation is 1. The van der Waals surface area contributed by atoms with E-state index in [4.69, 9.17) is 14.0 Å². The molecule has 0 fully saturated rings. The van der Waals surface area contributed by atoms with Crippen molar-refractivity contribution in [3.63, 3.8) is 0 Å². The lowest BCUT2D eigenvalue weighted by molar-refractivity contribution is -0.132. The van der Waals surface area contributed by atoms with Crippen molar-refractivity contribution in [2.45, 2.75) is 20.0 Å². The molecule has 146 valence electrons. The normalized spacial score (nSPS) is 10.5. The van der Waals surface area contributed by atoms with Crippen molar-refractivity contribution in [3.8, 4) is 11.5 Å². The first-order valence-electron chi connectivity index (χ1n) is 9.03. The Labute approximate surface area is 163 Å². The van der Waals surface area contributed by atoms with E-state index in [9.17, 15) is 4.79 Å². The summed E-state index contributed by atoms with van der Waals surface area (Å²) in [5.41, 5.74) is 1.09. The van der Waals surface area contributed by atoms with Crippen LogP contribution in [0.3, 0.4) is 0 Å². The van der Waals surface area contributed by atoms with Crippen molar-refractivity contribution >= 4 is 5.91 Å². The Morgan fingerprint density at radius 1 is 1.07 bits per heavy atom. The number of hydrogen-bond donors (Lipinski definition) is 0. The maximum absolute atomic E-state index is 12.2. The minimum absolute atomic E-state index is 0.0115. The summed E-state index contributed by atoms with van der Waals surface area (Å²) in [4.78, 5) is 18.1. The molecule has 0 saturated heterocycles. The monoisotopic (exact) mass is 381 g/mol. The molecule has 0 bridgehead atoms. The molecule has 0 aliphatic carbocycles. The average molecular weight is 381 g/mol. The Morgan fingerprint density at radius 2 is 1.86 bits per heavy atom. The molecule has 3 rings (SSSR count). The number of likely N-dealkylation sites (N-methyl/N-ethyl adjacent to an activating group) is 1. The third kappa shape index (κ3) is 5.84. The zero-order valence-electron chi connectivity index (χ0n) is 16.0. The standard InChI is InChI=1S/C21H23N3O4/c1-16-7-6-10-18(13-16)27-15-21(25)24(2)12-11-19-22-20(28-23-19)14-26-17-8-4-3-5-9-17/h3-10,13H,11-12,14-15H2,1-2H3. The second kappa shape index (κ2) is 9.55. The molecule has 3 aromatic rings. The van der Waals surface area contributed by atoms with Gasteiger partial charge in [-0.25, -0.2) is 0 Å². The molecule has 7 nitrogen and oxygen atoms in total. The molecule has 28 heavy (non-hydrogen) atoms. The van der Waals surface area contributed by atoms with Gasteiger partial charge in [0.2, 0.25) is 0 Å². The van der Waals surface area contributed by atoms with Gasteiger partial charge in [-0.05, 0) is 36.8 Å². The van der Waals surface area contributed by atoms with Crippen molar-refractivity contribution < 1.29 is 18.8 Å². The molecule has 0 aliphatic heterocycles. The van der Waals surface area contributed by atoms with Crippen LogP contribution in [0.15, 0.2) is 59.1 Å². The van der Waals surface area contributed by atoms with E-state index >= 15 is 0 Å². The van der Waals surface area contributed by atoms with Gasteiger partial charge >= 0.3 is 0 Å². The maximum Gasteiger partial charge on any atom is 0.264 e. The number of amides is 1. The van der Waals surface area contributed by atoms with Crippen LogP contribution in [-0.2, 0) is 17.8 Å². The van der Waals surface area contributed by atoms with Crippen LogP contribution in [-0.4, -0.2) is 41.1 Å². The van der Waals surface area contributed by atoms with Gasteiger partial charge < -0.3 is 18.9 Å². The summed E-state index contributed by atoms with van der Waals surface area (Å²) in [6.45, 7) is 2.64. The summed E-state index contributed by atoms with van der Waals surface area (Å²) in [5, 5.41) is 3.93. The summed E-state index contributed by atoms with van der Waals surface area (Å²) >= 11 is 0. The Balaban J connectivity index is 1.41. The summed E-state index contributed by atoms with van der Waals surface area (Å²) < 4.78 is 16.3. The second-order valence-electron chi connectivity index (χ2n) is 6.38. The maximum atomic E-state index is 12.2. The largest absolute Gasteiger partial charge is 0.484 e. The fourth-order valence-electron chi connectivity index (χ4n) is 2.46. The summed E-state index contributed by atoms with van der Waals surface area (Å²) in [6, 6.07) is 17.0. The Hall–Kier alpha value is -3.35. The Morgan fingerprint density at radius 3 is 2.64 bits per heavy atom. The molecule has 2 aromatic carbocycles. The van der Waals surface area contributed by atoms with Gasteiger partial charge in [-0.15, -0.1) is 0 Å². The van der Waals surface area contributed by atoms with Crippen LogP contribution < -0.4 is 9.47 Å². The van der Waals surface area contributed by atoms with Crippen molar-refractivity contribution in [3.05, 3.63) is 71.9 Å². The highest BCUT2D eigenvalue weighted by Crippen LogP contribution is 2.13. The van der Waals surface area contributed by atoms with Gasteiger partial charge in [0.15, 0.2) is 19.0 Å². The molecular weight excluding hydrogens is 358 g/mol. The topological polar surface area (TPSA) is 77.7 Å². The number of rotatable bonds is 9. The first kappa shape index (κ1) is 19.4. The molecule has 7 heteroatoms. The number of ether oxygens (including phenoxy) is 2. The van der Waals surface area contributed by atoms with Gasteiger partial charge in [-0.2, -0.15) is 4.98 Å². The van der Waals surface area contributed by atoms with Crippen molar-refractivity contribution in [2.75, 3.05) is 20.2 Å². The third-order valence-electron chi connectivity index (χ3n) is 4.06. The van der Waals surface area contributed by atoms with E-state index < -0.39 is 0 Å². The number of nitrogens with zero attached hydrogens (tertiary/aromatic N) is 3. The predicted octanol–water partition coefficient (Wildman–Crippen LogP) is 3.04. The molecule has 0 atom stereocenters. The van der Waals surface area contributed by atoms with Crippen molar-refractivity contribution in [1.82, 2.24) is 15.0 Å². The third-order valence-corrected chi connectivity index (χ3v) is 4.06. The second-order valence-corrected chi connectivity index (χ2v) is 6.38. The number of hydrogen-bond acceptors (Lipinski definition) is 6. The van der Waals surface area contributed by atoms with Crippen LogP contribution in [0.2, 0.25) is 0 Å². The minimum Gasteiger partial charge on any atom is -0.484 e. The SMILES string of the molecule is Cc1cccc(OCC(=O)N(C)CCc2noc(COc3ccccc3)n2)c1. The number of aromatic nitrogens is 2. The molecule has 0 N–H and O–H groups in total. The minimum atomic E-state index is -0.113. The van der Waals surface area contributed by atoms with Gasteiger partial charge in [-0.3, -0.25) is 4.79 Å². The van der Waals surface area contributed by atoms with E-state index in [-0.39, 0.29) is 19.1 Å². The molecule has 0 spiro atoms. The fourth-order valence-corrected chi connectivity index (χ4v) is 2.46. The summed E-state index contributed by atoms with van der Waals surface area (Å²) in [6.07, 6.45) is 0.488. The number of benzene rings is 2.